The van der Waals surface area contributed by atoms with Gasteiger partial charge in [0.1, 0.15) is 18.0 Å². The molecule has 1 fully saturated rings. The van der Waals surface area contributed by atoms with Crippen molar-refractivity contribution in [3.05, 3.63) is 59.2 Å². The number of hydrogen-bond donors (Lipinski definition) is 0. The van der Waals surface area contributed by atoms with E-state index in [1.807, 2.05) is 39.5 Å². The predicted octanol–water partition coefficient (Wildman–Crippen LogP) is 9.59. The maximum atomic E-state index is 13.9. The molecule has 1 amide bonds. The summed E-state index contributed by atoms with van der Waals surface area (Å²) in [6.07, 6.45) is 0.363. The van der Waals surface area contributed by atoms with Crippen molar-refractivity contribution in [3.63, 3.8) is 0 Å². The summed E-state index contributed by atoms with van der Waals surface area (Å²) in [5.74, 6) is 0.851. The minimum atomic E-state index is -2.22. The van der Waals surface area contributed by atoms with Crippen molar-refractivity contribution < 1.29 is 37.6 Å². The van der Waals surface area contributed by atoms with E-state index in [0.717, 1.165) is 42.1 Å². The third-order valence-corrected chi connectivity index (χ3v) is 17.4. The number of amides is 1. The number of carbonyl (C=O) groups excluding carboxylic acids is 1. The van der Waals surface area contributed by atoms with Crippen LogP contribution in [0, 0.1) is 5.92 Å². The molecule has 0 saturated carbocycles. The van der Waals surface area contributed by atoms with Crippen LogP contribution in [0.15, 0.2) is 42.5 Å². The molecule has 56 heavy (non-hydrogen) atoms. The van der Waals surface area contributed by atoms with Crippen molar-refractivity contribution in [2.24, 2.45) is 5.92 Å². The molecule has 2 aliphatic heterocycles. The molecule has 1 saturated heterocycles. The summed E-state index contributed by atoms with van der Waals surface area (Å²) in [6, 6.07) is 15.1. The Kier molecular flexibility index (Phi) is 17.6. The number of anilines is 1. The van der Waals surface area contributed by atoms with E-state index in [0.29, 0.717) is 76.0 Å². The summed E-state index contributed by atoms with van der Waals surface area (Å²) in [5, 5.41) is 0. The molecule has 2 heterocycles. The molecule has 0 N–H and O–H groups in total. The Bertz CT molecular complexity index is 1460. The summed E-state index contributed by atoms with van der Waals surface area (Å²) >= 11 is 0. The van der Waals surface area contributed by atoms with Crippen LogP contribution in [0.3, 0.4) is 0 Å². The molecule has 2 aliphatic rings. The largest absolute Gasteiger partial charge is 0.490 e. The Morgan fingerprint density at radius 3 is 2.23 bits per heavy atom. The zero-order valence-corrected chi connectivity index (χ0v) is 37.7. The zero-order valence-electron chi connectivity index (χ0n) is 36.7. The van der Waals surface area contributed by atoms with Gasteiger partial charge in [-0.05, 0) is 86.5 Å². The molecule has 0 unspecified atom stereocenters. The fourth-order valence-electron chi connectivity index (χ4n) is 8.89. The number of benzene rings is 2. The van der Waals surface area contributed by atoms with Gasteiger partial charge in [0.05, 0.1) is 50.8 Å². The smallest absolute Gasteiger partial charge is 0.410 e. The highest BCUT2D eigenvalue weighted by Gasteiger charge is 2.48. The first kappa shape index (κ1) is 46.0. The highest BCUT2D eigenvalue weighted by atomic mass is 28.4. The van der Waals surface area contributed by atoms with Gasteiger partial charge in [0, 0.05) is 51.9 Å². The van der Waals surface area contributed by atoms with Gasteiger partial charge in [0.25, 0.3) is 0 Å². The molecule has 4 rings (SSSR count). The highest BCUT2D eigenvalue weighted by molar-refractivity contribution is 6.77. The van der Waals surface area contributed by atoms with Gasteiger partial charge in [-0.1, -0.05) is 71.9 Å². The molecule has 0 bridgehead atoms. The Morgan fingerprint density at radius 1 is 0.929 bits per heavy atom. The molecular formula is C45H74N2O8Si. The molecule has 0 spiro atoms. The van der Waals surface area contributed by atoms with Gasteiger partial charge < -0.3 is 42.6 Å². The lowest BCUT2D eigenvalue weighted by Crippen LogP contribution is -2.55. The third kappa shape index (κ3) is 12.4. The summed E-state index contributed by atoms with van der Waals surface area (Å²) in [5.41, 5.74) is 5.11. The van der Waals surface area contributed by atoms with Crippen LogP contribution in [-0.2, 0) is 41.3 Å². The first-order valence-electron chi connectivity index (χ1n) is 21.1. The number of ether oxygens (including phenoxy) is 6. The number of likely N-dealkylation sites (tertiary alicyclic amines) is 1. The second kappa shape index (κ2) is 21.4. The number of carbonyl (C=O) groups is 1. The predicted molar refractivity (Wildman–Crippen MR) is 227 cm³/mol. The Labute approximate surface area is 340 Å². The Morgan fingerprint density at radius 2 is 1.61 bits per heavy atom. The van der Waals surface area contributed by atoms with Crippen molar-refractivity contribution in [2.45, 2.75) is 136 Å². The van der Waals surface area contributed by atoms with Gasteiger partial charge in [0.2, 0.25) is 0 Å². The molecule has 2 aromatic rings. The van der Waals surface area contributed by atoms with E-state index in [1.165, 1.54) is 5.56 Å². The number of methoxy groups -OCH3 is 1. The second-order valence-corrected chi connectivity index (χ2v) is 23.1. The summed E-state index contributed by atoms with van der Waals surface area (Å²) in [6.45, 7) is 30.4. The van der Waals surface area contributed by atoms with Gasteiger partial charge in [-0.2, -0.15) is 0 Å². The van der Waals surface area contributed by atoms with E-state index < -0.39 is 13.9 Å². The van der Waals surface area contributed by atoms with Crippen LogP contribution in [0.25, 0.3) is 0 Å². The summed E-state index contributed by atoms with van der Waals surface area (Å²) in [7, 11) is -0.478. The number of hydrogen-bond acceptors (Lipinski definition) is 9. The number of rotatable bonds is 20. The standard InChI is InChI=1S/C45H74N2O8Si/c1-13-51-35(8)28-50-29-36-15-18-38(19-16-36)43-39(31-54-56(32(2)3,33(4)5)34(6)7)26-47(44(48)55-45(9,10)11)27-42(43)53-30-37-17-20-41-40(25-37)46(22-24-52-41)21-14-23-49-12/h15-20,25,32-35,39,42-43H,13-14,21-24,26-31H2,1-12H3/t35-,39+,42+,43+/m1/s1. The van der Waals surface area contributed by atoms with Crippen molar-refractivity contribution in [1.82, 2.24) is 4.90 Å². The van der Waals surface area contributed by atoms with E-state index in [2.05, 4.69) is 88.9 Å². The van der Waals surface area contributed by atoms with E-state index >= 15 is 0 Å². The van der Waals surface area contributed by atoms with Gasteiger partial charge in [-0.25, -0.2) is 4.79 Å². The highest BCUT2D eigenvalue weighted by Crippen LogP contribution is 2.44. The molecular weight excluding hydrogens is 725 g/mol. The van der Waals surface area contributed by atoms with Crippen LogP contribution >= 0.6 is 0 Å². The maximum Gasteiger partial charge on any atom is 0.410 e. The molecule has 4 atom stereocenters. The first-order chi connectivity index (χ1) is 26.6. The topological polar surface area (TPSA) is 88.2 Å². The lowest BCUT2D eigenvalue weighted by molar-refractivity contribution is -0.0594. The van der Waals surface area contributed by atoms with Crippen molar-refractivity contribution >= 4 is 20.1 Å². The van der Waals surface area contributed by atoms with Gasteiger partial charge in [-0.3, -0.25) is 0 Å². The van der Waals surface area contributed by atoms with Crippen molar-refractivity contribution in [1.29, 1.82) is 0 Å². The molecule has 11 heteroatoms. The average molecular weight is 799 g/mol. The molecule has 0 aromatic heterocycles. The van der Waals surface area contributed by atoms with Crippen molar-refractivity contribution in [3.8, 4) is 5.75 Å². The van der Waals surface area contributed by atoms with Crippen LogP contribution in [0.1, 0.15) is 105 Å². The van der Waals surface area contributed by atoms with Gasteiger partial charge in [0.15, 0.2) is 8.32 Å². The van der Waals surface area contributed by atoms with Crippen LogP contribution < -0.4 is 9.64 Å². The lowest BCUT2D eigenvalue weighted by Gasteiger charge is -2.47. The van der Waals surface area contributed by atoms with E-state index in [4.69, 9.17) is 32.8 Å². The summed E-state index contributed by atoms with van der Waals surface area (Å²) in [4.78, 5) is 18.1. The molecule has 316 valence electrons. The lowest BCUT2D eigenvalue weighted by atomic mass is 9.78. The second-order valence-electron chi connectivity index (χ2n) is 17.7. The minimum Gasteiger partial charge on any atom is -0.490 e. The quantitative estimate of drug-likeness (QED) is 0.0960. The van der Waals surface area contributed by atoms with E-state index in [9.17, 15) is 4.79 Å². The van der Waals surface area contributed by atoms with Crippen LogP contribution in [0.5, 0.6) is 5.75 Å². The number of nitrogens with zero attached hydrogens (tertiary/aromatic N) is 2. The molecule has 0 radical (unpaired) electrons. The summed E-state index contributed by atoms with van der Waals surface area (Å²) < 4.78 is 43.4. The molecule has 0 aliphatic carbocycles. The zero-order chi connectivity index (χ0) is 41.0. The molecule has 10 nitrogen and oxygen atoms in total. The fourth-order valence-corrected chi connectivity index (χ4v) is 14.4. The SMILES string of the molecule is CCO[C@H](C)COCc1ccc([C@H]2[C@H](CO[Si](C(C)C)(C(C)C)C(C)C)CN(C(=O)OC(C)(C)C)C[C@@H]2OCc2ccc3c(c2)N(CCCOC)CCO3)cc1. The van der Waals surface area contributed by atoms with Crippen molar-refractivity contribution in [2.75, 3.05) is 71.2 Å². The van der Waals surface area contributed by atoms with E-state index in [1.54, 1.807) is 7.11 Å². The number of piperidine rings is 1. The first-order valence-corrected chi connectivity index (χ1v) is 23.2. The monoisotopic (exact) mass is 799 g/mol. The van der Waals surface area contributed by atoms with Gasteiger partial charge in [-0.15, -0.1) is 0 Å². The Hall–Kier alpha value is -2.67. The third-order valence-electron chi connectivity index (χ3n) is 11.3. The van der Waals surface area contributed by atoms with Crippen LogP contribution in [0.4, 0.5) is 10.5 Å². The maximum absolute atomic E-state index is 13.9. The van der Waals surface area contributed by atoms with Gasteiger partial charge >= 0.3 is 6.09 Å². The fraction of sp³-hybridized carbons (Fsp3) is 0.711. The number of fused-ring (bicyclic) bond motifs is 1. The normalized spacial score (nSPS) is 19.7. The van der Waals surface area contributed by atoms with E-state index in [-0.39, 0.29) is 30.1 Å². The molecule has 2 aromatic carbocycles. The van der Waals surface area contributed by atoms with Crippen LogP contribution in [0.2, 0.25) is 16.6 Å². The Balaban J connectivity index is 1.69. The minimum absolute atomic E-state index is 0.0215. The van der Waals surface area contributed by atoms with Crippen LogP contribution in [-0.4, -0.2) is 103 Å². The average Bonchev–Trinajstić information content (AvgIpc) is 3.13.